The maximum Gasteiger partial charge on any atom is 0.0865 e. The minimum atomic E-state index is 0.285. The van der Waals surface area contributed by atoms with Crippen LogP contribution in [-0.4, -0.2) is 19.7 Å². The Hall–Kier alpha value is -0.860. The molecule has 0 aromatic heterocycles. The van der Waals surface area contributed by atoms with Crippen molar-refractivity contribution in [3.8, 4) is 0 Å². The van der Waals surface area contributed by atoms with Crippen LogP contribution in [0.4, 0.5) is 0 Å². The van der Waals surface area contributed by atoms with Crippen LogP contribution < -0.4 is 5.32 Å². The van der Waals surface area contributed by atoms with Crippen LogP contribution in [0.1, 0.15) is 43.8 Å². The Morgan fingerprint density at radius 2 is 2.00 bits per heavy atom. The summed E-state index contributed by atoms with van der Waals surface area (Å²) in [6.07, 6.45) is 6.95. The van der Waals surface area contributed by atoms with Gasteiger partial charge in [-0.25, -0.2) is 0 Å². The first kappa shape index (κ1) is 13.1. The van der Waals surface area contributed by atoms with Crippen molar-refractivity contribution in [3.63, 3.8) is 0 Å². The zero-order valence-corrected chi connectivity index (χ0v) is 11.7. The summed E-state index contributed by atoms with van der Waals surface area (Å²) < 4.78 is 6.28. The molecule has 104 valence electrons. The van der Waals surface area contributed by atoms with Gasteiger partial charge in [0.15, 0.2) is 0 Å². The van der Waals surface area contributed by atoms with Crippen molar-refractivity contribution in [2.45, 2.75) is 38.2 Å². The molecule has 1 aromatic rings. The average molecular weight is 259 g/mol. The van der Waals surface area contributed by atoms with E-state index in [1.165, 1.54) is 44.2 Å². The second-order valence-corrected chi connectivity index (χ2v) is 6.04. The molecule has 2 fully saturated rings. The zero-order chi connectivity index (χ0) is 12.9. The first-order valence-corrected chi connectivity index (χ1v) is 7.81. The molecule has 3 rings (SSSR count). The van der Waals surface area contributed by atoms with Crippen LogP contribution in [0.2, 0.25) is 0 Å². The highest BCUT2D eigenvalue weighted by Gasteiger charge is 2.27. The van der Waals surface area contributed by atoms with Gasteiger partial charge in [0.1, 0.15) is 0 Å². The van der Waals surface area contributed by atoms with E-state index in [1.807, 2.05) is 0 Å². The number of ether oxygens (including phenoxy) is 1. The van der Waals surface area contributed by atoms with Crippen molar-refractivity contribution < 1.29 is 4.74 Å². The lowest BCUT2D eigenvalue weighted by Crippen LogP contribution is -2.34. The molecule has 0 amide bonds. The monoisotopic (exact) mass is 259 g/mol. The summed E-state index contributed by atoms with van der Waals surface area (Å²) in [4.78, 5) is 0. The van der Waals surface area contributed by atoms with Crippen LogP contribution in [-0.2, 0) is 4.74 Å². The molecule has 19 heavy (non-hydrogen) atoms. The van der Waals surface area contributed by atoms with Crippen molar-refractivity contribution in [1.82, 2.24) is 5.32 Å². The summed E-state index contributed by atoms with van der Waals surface area (Å²) in [5, 5.41) is 3.52. The Labute approximate surface area is 116 Å². The number of hydrogen-bond acceptors (Lipinski definition) is 2. The molecule has 1 saturated heterocycles. The van der Waals surface area contributed by atoms with E-state index in [0.29, 0.717) is 5.92 Å². The lowest BCUT2D eigenvalue weighted by molar-refractivity contribution is 0.000133. The quantitative estimate of drug-likeness (QED) is 0.843. The van der Waals surface area contributed by atoms with Gasteiger partial charge < -0.3 is 10.1 Å². The highest BCUT2D eigenvalue weighted by molar-refractivity contribution is 5.18. The molecule has 2 heteroatoms. The van der Waals surface area contributed by atoms with Gasteiger partial charge in [0.2, 0.25) is 0 Å². The number of rotatable bonds is 6. The Morgan fingerprint density at radius 1 is 1.16 bits per heavy atom. The summed E-state index contributed by atoms with van der Waals surface area (Å²) in [7, 11) is 0. The molecule has 1 aromatic carbocycles. The second-order valence-electron chi connectivity index (χ2n) is 6.04. The molecular formula is C17H25NO. The maximum absolute atomic E-state index is 6.28. The van der Waals surface area contributed by atoms with Gasteiger partial charge in [0.05, 0.1) is 6.10 Å². The van der Waals surface area contributed by atoms with E-state index in [9.17, 15) is 0 Å². The number of nitrogens with one attached hydrogen (secondary N) is 1. The van der Waals surface area contributed by atoms with Crippen LogP contribution >= 0.6 is 0 Å². The predicted molar refractivity (Wildman–Crippen MR) is 78.1 cm³/mol. The number of hydrogen-bond donors (Lipinski definition) is 1. The van der Waals surface area contributed by atoms with Crippen molar-refractivity contribution in [3.05, 3.63) is 35.9 Å². The van der Waals surface area contributed by atoms with Crippen molar-refractivity contribution in [2.24, 2.45) is 11.8 Å². The van der Waals surface area contributed by atoms with Gasteiger partial charge in [0.25, 0.3) is 0 Å². The SMILES string of the molecule is c1ccc([C@H](OCCC2CC2)C2CCCNC2)cc1. The lowest BCUT2D eigenvalue weighted by Gasteiger charge is -2.31. The molecule has 2 aliphatic rings. The Bertz CT molecular complexity index is 368. The molecule has 1 aliphatic heterocycles. The van der Waals surface area contributed by atoms with Gasteiger partial charge in [-0.05, 0) is 37.3 Å². The van der Waals surface area contributed by atoms with Gasteiger partial charge in [-0.1, -0.05) is 43.2 Å². The minimum absolute atomic E-state index is 0.285. The molecule has 2 atom stereocenters. The fourth-order valence-electron chi connectivity index (χ4n) is 3.05. The topological polar surface area (TPSA) is 21.3 Å². The average Bonchev–Trinajstić information content (AvgIpc) is 3.30. The third kappa shape index (κ3) is 3.80. The molecule has 1 aliphatic carbocycles. The Balaban J connectivity index is 1.62. The standard InChI is InChI=1S/C17H25NO/c1-2-5-15(6-3-1)17(16-7-4-11-18-13-16)19-12-10-14-8-9-14/h1-3,5-6,14,16-18H,4,7-13H2/t16?,17-/m0/s1. The van der Waals surface area contributed by atoms with Gasteiger partial charge >= 0.3 is 0 Å². The van der Waals surface area contributed by atoms with E-state index >= 15 is 0 Å². The maximum atomic E-state index is 6.28. The number of benzene rings is 1. The summed E-state index contributed by atoms with van der Waals surface area (Å²) >= 11 is 0. The van der Waals surface area contributed by atoms with Crippen molar-refractivity contribution >= 4 is 0 Å². The lowest BCUT2D eigenvalue weighted by atomic mass is 9.89. The van der Waals surface area contributed by atoms with Gasteiger partial charge in [-0.15, -0.1) is 0 Å². The Kier molecular flexibility index (Phi) is 4.52. The summed E-state index contributed by atoms with van der Waals surface area (Å²) in [5.74, 6) is 1.59. The zero-order valence-electron chi connectivity index (χ0n) is 11.7. The molecular weight excluding hydrogens is 234 g/mol. The summed E-state index contributed by atoms with van der Waals surface area (Å²) in [5.41, 5.74) is 1.35. The van der Waals surface area contributed by atoms with E-state index in [4.69, 9.17) is 4.74 Å². The van der Waals surface area contributed by atoms with Crippen LogP contribution in [0, 0.1) is 11.8 Å². The minimum Gasteiger partial charge on any atom is -0.373 e. The first-order valence-electron chi connectivity index (χ1n) is 7.81. The molecule has 1 saturated carbocycles. The van der Waals surface area contributed by atoms with E-state index in [2.05, 4.69) is 35.6 Å². The van der Waals surface area contributed by atoms with Gasteiger partial charge in [-0.2, -0.15) is 0 Å². The van der Waals surface area contributed by atoms with E-state index in [1.54, 1.807) is 0 Å². The Morgan fingerprint density at radius 3 is 2.68 bits per heavy atom. The summed E-state index contributed by atoms with van der Waals surface area (Å²) in [6, 6.07) is 10.8. The molecule has 0 bridgehead atoms. The summed E-state index contributed by atoms with van der Waals surface area (Å²) in [6.45, 7) is 3.20. The highest BCUT2D eigenvalue weighted by Crippen LogP contribution is 2.35. The largest absolute Gasteiger partial charge is 0.373 e. The van der Waals surface area contributed by atoms with Gasteiger partial charge in [-0.3, -0.25) is 0 Å². The van der Waals surface area contributed by atoms with Crippen molar-refractivity contribution in [2.75, 3.05) is 19.7 Å². The van der Waals surface area contributed by atoms with Crippen LogP contribution in [0.5, 0.6) is 0 Å². The fourth-order valence-corrected chi connectivity index (χ4v) is 3.05. The molecule has 0 spiro atoms. The first-order chi connectivity index (χ1) is 9.43. The van der Waals surface area contributed by atoms with E-state index < -0.39 is 0 Å². The van der Waals surface area contributed by atoms with Crippen LogP contribution in [0.15, 0.2) is 30.3 Å². The van der Waals surface area contributed by atoms with Gasteiger partial charge in [0, 0.05) is 19.1 Å². The number of piperidine rings is 1. The van der Waals surface area contributed by atoms with E-state index in [0.717, 1.165) is 19.1 Å². The third-order valence-corrected chi connectivity index (χ3v) is 4.41. The highest BCUT2D eigenvalue weighted by atomic mass is 16.5. The molecule has 0 radical (unpaired) electrons. The molecule has 2 nitrogen and oxygen atoms in total. The van der Waals surface area contributed by atoms with Crippen LogP contribution in [0.25, 0.3) is 0 Å². The smallest absolute Gasteiger partial charge is 0.0865 e. The molecule has 1 heterocycles. The molecule has 1 unspecified atom stereocenters. The third-order valence-electron chi connectivity index (χ3n) is 4.41. The van der Waals surface area contributed by atoms with E-state index in [-0.39, 0.29) is 6.10 Å². The second kappa shape index (κ2) is 6.53. The fraction of sp³-hybridized carbons (Fsp3) is 0.647. The van der Waals surface area contributed by atoms with Crippen LogP contribution in [0.3, 0.4) is 0 Å². The molecule has 1 N–H and O–H groups in total. The normalized spacial score (nSPS) is 25.2. The predicted octanol–water partition coefficient (Wildman–Crippen LogP) is 3.54. The van der Waals surface area contributed by atoms with Crippen molar-refractivity contribution in [1.29, 1.82) is 0 Å².